The molecule has 1 N–H and O–H groups in total. The fourth-order valence-electron chi connectivity index (χ4n) is 4.91. The molecule has 184 valence electrons. The number of nitrogens with one attached hydrogen (secondary N) is 1. The second-order valence-corrected chi connectivity index (χ2v) is 9.43. The second-order valence-electron chi connectivity index (χ2n) is 9.43. The summed E-state index contributed by atoms with van der Waals surface area (Å²) < 4.78 is 18.9. The molecule has 0 radical (unpaired) electrons. The molecule has 2 atom stereocenters. The molecule has 2 aromatic carbocycles. The zero-order valence-corrected chi connectivity index (χ0v) is 21.8. The summed E-state index contributed by atoms with van der Waals surface area (Å²) in [5.74, 6) is 0.731. The topological polar surface area (TPSA) is 27.7 Å². The van der Waals surface area contributed by atoms with Crippen molar-refractivity contribution in [2.75, 3.05) is 38.2 Å². The van der Waals surface area contributed by atoms with Crippen LogP contribution in [-0.2, 0) is 6.42 Å². The van der Waals surface area contributed by atoms with Gasteiger partial charge in [0.2, 0.25) is 0 Å². The van der Waals surface area contributed by atoms with Crippen LogP contribution in [0.2, 0.25) is 5.09 Å². The molecule has 1 fully saturated rings. The maximum atomic E-state index is 13.4. The Morgan fingerprint density at radius 1 is 1.06 bits per heavy atom. The van der Waals surface area contributed by atoms with Gasteiger partial charge in [0.1, 0.15) is 11.6 Å². The van der Waals surface area contributed by atoms with Crippen LogP contribution in [0.5, 0.6) is 5.75 Å². The quantitative estimate of drug-likeness (QED) is 0.524. The second kappa shape index (κ2) is 13.8. The number of hydrogen-bond acceptors (Lipinski definition) is 4. The van der Waals surface area contributed by atoms with Gasteiger partial charge in [0.05, 0.1) is 18.3 Å². The Balaban J connectivity index is 0.000000623. The Bertz CT molecular complexity index is 955. The van der Waals surface area contributed by atoms with E-state index < -0.39 is 0 Å². The normalized spacial score (nSPS) is 20.6. The number of nitrogens with zero attached hydrogens (tertiary/aromatic N) is 2. The molecule has 0 bridgehead atoms. The van der Waals surface area contributed by atoms with Gasteiger partial charge in [-0.05, 0) is 49.0 Å². The predicted octanol–water partition coefficient (Wildman–Crippen LogP) is 5.37. The van der Waals surface area contributed by atoms with Crippen molar-refractivity contribution < 1.29 is 9.13 Å². The Kier molecular flexibility index (Phi) is 10.8. The van der Waals surface area contributed by atoms with Crippen molar-refractivity contribution >= 4 is 23.4 Å². The number of piperazine rings is 1. The summed E-state index contributed by atoms with van der Waals surface area (Å²) in [6.45, 7) is 8.36. The molecule has 4 rings (SSSR count). The first-order valence-corrected chi connectivity index (χ1v) is 13.0. The molecular formula is C29H39FLiN3O. The number of methoxy groups -OCH3 is 1. The molecule has 1 saturated heterocycles. The zero-order valence-electron chi connectivity index (χ0n) is 21.8. The third kappa shape index (κ3) is 7.40. The van der Waals surface area contributed by atoms with E-state index in [1.807, 2.05) is 36.5 Å². The van der Waals surface area contributed by atoms with Crippen LogP contribution >= 0.6 is 0 Å². The SMILES string of the molecule is COc1ccccc1N1CCN(C(C)C2(Cc3ccc(F)cc3)C=CC=CN2)CC1.[Li][CH2]CCC. The van der Waals surface area contributed by atoms with Crippen molar-refractivity contribution in [1.29, 1.82) is 0 Å². The molecule has 2 unspecified atom stereocenters. The van der Waals surface area contributed by atoms with Gasteiger partial charge in [-0.25, -0.2) is 4.39 Å². The number of unbranched alkanes of at least 4 members (excludes halogenated alkanes) is 1. The van der Waals surface area contributed by atoms with Gasteiger partial charge < -0.3 is 15.0 Å². The van der Waals surface area contributed by atoms with E-state index in [-0.39, 0.29) is 17.4 Å². The number of allylic oxidation sites excluding steroid dienone is 2. The number of hydrogen-bond donors (Lipinski definition) is 1. The number of anilines is 1. The number of para-hydroxylation sites is 2. The van der Waals surface area contributed by atoms with E-state index in [2.05, 4.69) is 71.0 Å². The third-order valence-electron chi connectivity index (χ3n) is 7.10. The molecule has 4 nitrogen and oxygen atoms in total. The van der Waals surface area contributed by atoms with Crippen LogP contribution in [0.15, 0.2) is 73.0 Å². The van der Waals surface area contributed by atoms with Crippen molar-refractivity contribution in [3.63, 3.8) is 0 Å². The molecule has 35 heavy (non-hydrogen) atoms. The molecule has 0 aliphatic carbocycles. The molecule has 0 amide bonds. The first-order chi connectivity index (χ1) is 17.0. The van der Waals surface area contributed by atoms with Gasteiger partial charge in [-0.3, -0.25) is 4.90 Å². The number of dihydropyridines is 1. The minimum absolute atomic E-state index is 0.194. The summed E-state index contributed by atoms with van der Waals surface area (Å²) >= 11 is 2.21. The van der Waals surface area contributed by atoms with Crippen molar-refractivity contribution in [2.45, 2.75) is 49.8 Å². The van der Waals surface area contributed by atoms with E-state index in [0.29, 0.717) is 0 Å². The Hall–Kier alpha value is -2.19. The Morgan fingerprint density at radius 3 is 2.34 bits per heavy atom. The van der Waals surface area contributed by atoms with Crippen molar-refractivity contribution in [2.24, 2.45) is 0 Å². The number of ether oxygens (including phenoxy) is 1. The van der Waals surface area contributed by atoms with Crippen molar-refractivity contribution in [3.8, 4) is 5.75 Å². The fourth-order valence-corrected chi connectivity index (χ4v) is 4.91. The number of rotatable bonds is 8. The molecule has 2 heterocycles. The van der Waals surface area contributed by atoms with Gasteiger partial charge in [0, 0.05) is 38.6 Å². The monoisotopic (exact) mass is 471 g/mol. The standard InChI is InChI=1S/C25H30FN3O.C4H9.Li/c1-20(25(13-5-6-14-27-25)19-21-9-11-22(26)12-10-21)28-15-17-29(18-16-28)23-7-3-4-8-24(23)30-2;1-3-4-2;/h3-14,20,27H,15-19H2,1-2H3;1,3-4H2,2H3;. The van der Waals surface area contributed by atoms with Gasteiger partial charge in [0.25, 0.3) is 0 Å². The summed E-state index contributed by atoms with van der Waals surface area (Å²) in [4.78, 5) is 4.95. The van der Waals surface area contributed by atoms with Crippen molar-refractivity contribution in [3.05, 3.63) is 84.3 Å². The van der Waals surface area contributed by atoms with Gasteiger partial charge in [-0.15, -0.1) is 0 Å². The summed E-state index contributed by atoms with van der Waals surface area (Å²) in [5, 5.41) is 4.96. The third-order valence-corrected chi connectivity index (χ3v) is 7.10. The van der Waals surface area contributed by atoms with Crippen LogP contribution in [0.3, 0.4) is 0 Å². The van der Waals surface area contributed by atoms with Crippen LogP contribution in [0, 0.1) is 5.82 Å². The number of benzene rings is 2. The Morgan fingerprint density at radius 2 is 1.77 bits per heavy atom. The summed E-state index contributed by atoms with van der Waals surface area (Å²) in [5.41, 5.74) is 2.06. The van der Waals surface area contributed by atoms with Gasteiger partial charge in [-0.2, -0.15) is 0 Å². The van der Waals surface area contributed by atoms with E-state index in [9.17, 15) is 4.39 Å². The van der Waals surface area contributed by atoms with E-state index in [1.165, 1.54) is 17.9 Å². The van der Waals surface area contributed by atoms with Gasteiger partial charge in [-0.1, -0.05) is 36.4 Å². The van der Waals surface area contributed by atoms with E-state index >= 15 is 0 Å². The molecule has 2 aliphatic heterocycles. The van der Waals surface area contributed by atoms with Crippen LogP contribution in [-0.4, -0.2) is 67.5 Å². The predicted molar refractivity (Wildman–Crippen MR) is 146 cm³/mol. The van der Waals surface area contributed by atoms with Gasteiger partial charge >= 0.3 is 42.6 Å². The molecule has 0 spiro atoms. The zero-order chi connectivity index (χ0) is 25.1. The van der Waals surface area contributed by atoms with Crippen LogP contribution < -0.4 is 15.0 Å². The maximum absolute atomic E-state index is 13.4. The molecule has 0 saturated carbocycles. The van der Waals surface area contributed by atoms with Gasteiger partial charge in [0.15, 0.2) is 0 Å². The van der Waals surface area contributed by atoms with E-state index in [0.717, 1.165) is 49.6 Å². The van der Waals surface area contributed by atoms with Crippen molar-refractivity contribution in [1.82, 2.24) is 10.2 Å². The van der Waals surface area contributed by atoms with Crippen LogP contribution in [0.4, 0.5) is 10.1 Å². The molecular weight excluding hydrogens is 432 g/mol. The number of halogens is 1. The van der Waals surface area contributed by atoms with Crippen LogP contribution in [0.25, 0.3) is 0 Å². The molecule has 2 aliphatic rings. The van der Waals surface area contributed by atoms with E-state index in [4.69, 9.17) is 4.74 Å². The minimum atomic E-state index is -0.223. The average Bonchev–Trinajstić information content (AvgIpc) is 2.91. The average molecular weight is 472 g/mol. The summed E-state index contributed by atoms with van der Waals surface area (Å²) in [6, 6.07) is 15.4. The molecule has 0 aromatic heterocycles. The molecule has 2 aromatic rings. The fraction of sp³-hybridized carbons (Fsp3) is 0.448. The molecule has 6 heteroatoms. The summed E-state index contributed by atoms with van der Waals surface area (Å²) in [6.07, 6.45) is 12.0. The Labute approximate surface area is 220 Å². The van der Waals surface area contributed by atoms with E-state index in [1.54, 1.807) is 19.2 Å². The van der Waals surface area contributed by atoms with Crippen LogP contribution in [0.1, 0.15) is 32.3 Å². The first kappa shape index (κ1) is 27.4. The summed E-state index contributed by atoms with van der Waals surface area (Å²) in [7, 11) is 1.73. The first-order valence-electron chi connectivity index (χ1n) is 13.0.